The van der Waals surface area contributed by atoms with Gasteiger partial charge in [-0.05, 0) is 30.2 Å². The van der Waals surface area contributed by atoms with Crippen LogP contribution in [-0.2, 0) is 11.2 Å². The number of fused-ring (bicyclic) bond motifs is 1. The Bertz CT molecular complexity index is 1130. The minimum Gasteiger partial charge on any atom is -0.416 e. The molecule has 0 spiro atoms. The van der Waals surface area contributed by atoms with Gasteiger partial charge in [0.1, 0.15) is 0 Å². The highest BCUT2D eigenvalue weighted by Crippen LogP contribution is 2.24. The van der Waals surface area contributed by atoms with E-state index in [2.05, 4.69) is 38.7 Å². The molecule has 2 aromatic heterocycles. The highest BCUT2D eigenvalue weighted by molar-refractivity contribution is 7.99. The van der Waals surface area contributed by atoms with Crippen LogP contribution in [-0.4, -0.2) is 26.8 Å². The van der Waals surface area contributed by atoms with Gasteiger partial charge in [-0.2, -0.15) is 0 Å². The van der Waals surface area contributed by atoms with Gasteiger partial charge in [0.2, 0.25) is 11.8 Å². The largest absolute Gasteiger partial charge is 0.416 e. The first-order valence-electron chi connectivity index (χ1n) is 9.21. The molecule has 0 aliphatic heterocycles. The van der Waals surface area contributed by atoms with Gasteiger partial charge in [0.25, 0.3) is 5.22 Å². The normalized spacial score (nSPS) is 12.2. The van der Waals surface area contributed by atoms with E-state index in [1.165, 1.54) is 11.8 Å². The summed E-state index contributed by atoms with van der Waals surface area (Å²) < 4.78 is 5.62. The molecule has 6 nitrogen and oxygen atoms in total. The lowest BCUT2D eigenvalue weighted by Crippen LogP contribution is -2.28. The van der Waals surface area contributed by atoms with E-state index < -0.39 is 0 Å². The molecule has 0 bridgehead atoms. The quantitative estimate of drug-likeness (QED) is 0.439. The molecule has 2 heterocycles. The number of carbonyl (C=O) groups excluding carboxylic acids is 1. The molecule has 148 valence electrons. The van der Waals surface area contributed by atoms with Gasteiger partial charge < -0.3 is 9.73 Å². The Morgan fingerprint density at radius 3 is 2.86 bits per heavy atom. The molecule has 0 radical (unpaired) electrons. The third-order valence-electron chi connectivity index (χ3n) is 4.44. The van der Waals surface area contributed by atoms with Crippen molar-refractivity contribution in [3.63, 3.8) is 0 Å². The molecule has 0 aliphatic rings. The van der Waals surface area contributed by atoms with Crippen LogP contribution in [0.4, 0.5) is 0 Å². The van der Waals surface area contributed by atoms with Crippen LogP contribution in [0.1, 0.15) is 35.1 Å². The molecule has 0 aliphatic carbocycles. The number of hydrogen-bond donors (Lipinski definition) is 1. The molecule has 2 aromatic carbocycles. The number of hydrogen-bond acceptors (Lipinski definition) is 7. The Morgan fingerprint density at radius 2 is 2.03 bits per heavy atom. The smallest absolute Gasteiger partial charge is 0.277 e. The second-order valence-corrected chi connectivity index (χ2v) is 8.63. The van der Waals surface area contributed by atoms with E-state index in [1.54, 1.807) is 11.3 Å². The Balaban J connectivity index is 1.33. The van der Waals surface area contributed by atoms with E-state index >= 15 is 0 Å². The standard InChI is InChI=1S/C21H20N4O2S2/c1-13(17-9-5-7-15-6-3-4-8-18(15)17)22-19(26)12-29-21-25-24-20(27-21)10-16-11-28-14(2)23-16/h3-9,11,13H,10,12H2,1-2H3,(H,22,26). The fourth-order valence-electron chi connectivity index (χ4n) is 3.13. The summed E-state index contributed by atoms with van der Waals surface area (Å²) in [7, 11) is 0. The van der Waals surface area contributed by atoms with Crippen LogP contribution in [0, 0.1) is 6.92 Å². The first-order chi connectivity index (χ1) is 14.1. The van der Waals surface area contributed by atoms with E-state index in [4.69, 9.17) is 4.42 Å². The number of thiazole rings is 1. The number of carbonyl (C=O) groups is 1. The highest BCUT2D eigenvalue weighted by atomic mass is 32.2. The van der Waals surface area contributed by atoms with Gasteiger partial charge in [0.15, 0.2) is 0 Å². The van der Waals surface area contributed by atoms with E-state index in [9.17, 15) is 4.79 Å². The number of benzene rings is 2. The number of aryl methyl sites for hydroxylation is 1. The predicted molar refractivity (Wildman–Crippen MR) is 115 cm³/mol. The Kier molecular flexibility index (Phi) is 5.92. The molecule has 1 unspecified atom stereocenters. The van der Waals surface area contributed by atoms with Crippen LogP contribution in [0.5, 0.6) is 0 Å². The minimum absolute atomic E-state index is 0.0784. The van der Waals surface area contributed by atoms with Gasteiger partial charge in [-0.1, -0.05) is 54.2 Å². The molecule has 0 saturated heterocycles. The van der Waals surface area contributed by atoms with E-state index in [-0.39, 0.29) is 17.7 Å². The van der Waals surface area contributed by atoms with E-state index in [0.717, 1.165) is 27.0 Å². The third kappa shape index (κ3) is 4.83. The molecule has 1 N–H and O–H groups in total. The Morgan fingerprint density at radius 1 is 1.21 bits per heavy atom. The van der Waals surface area contributed by atoms with Crippen molar-refractivity contribution in [3.05, 3.63) is 70.0 Å². The van der Waals surface area contributed by atoms with Gasteiger partial charge in [-0.3, -0.25) is 4.79 Å². The summed E-state index contributed by atoms with van der Waals surface area (Å²) in [4.78, 5) is 16.8. The van der Waals surface area contributed by atoms with Crippen LogP contribution < -0.4 is 5.32 Å². The van der Waals surface area contributed by atoms with Crippen molar-refractivity contribution in [2.45, 2.75) is 31.5 Å². The molecule has 4 rings (SSSR count). The zero-order valence-electron chi connectivity index (χ0n) is 16.1. The highest BCUT2D eigenvalue weighted by Gasteiger charge is 2.15. The average Bonchev–Trinajstić information content (AvgIpc) is 3.34. The Labute approximate surface area is 176 Å². The van der Waals surface area contributed by atoms with Crippen LogP contribution in [0.25, 0.3) is 10.8 Å². The topological polar surface area (TPSA) is 80.9 Å². The van der Waals surface area contributed by atoms with Crippen molar-refractivity contribution in [3.8, 4) is 0 Å². The molecule has 29 heavy (non-hydrogen) atoms. The van der Waals surface area contributed by atoms with Crippen molar-refractivity contribution in [1.29, 1.82) is 0 Å². The zero-order valence-corrected chi connectivity index (χ0v) is 17.7. The molecule has 1 atom stereocenters. The molecule has 8 heteroatoms. The molecular formula is C21H20N4O2S2. The van der Waals surface area contributed by atoms with Gasteiger partial charge in [0, 0.05) is 5.38 Å². The third-order valence-corrected chi connectivity index (χ3v) is 6.08. The number of nitrogens with one attached hydrogen (secondary N) is 1. The SMILES string of the molecule is Cc1nc(Cc2nnc(SCC(=O)NC(C)c3cccc4ccccc34)o2)cs1. The lowest BCUT2D eigenvalue weighted by atomic mass is 10.00. The molecular weight excluding hydrogens is 404 g/mol. The summed E-state index contributed by atoms with van der Waals surface area (Å²) in [6.07, 6.45) is 0.502. The fourth-order valence-corrected chi connectivity index (χ4v) is 4.33. The lowest BCUT2D eigenvalue weighted by molar-refractivity contribution is -0.119. The monoisotopic (exact) mass is 424 g/mol. The maximum atomic E-state index is 12.4. The molecule has 1 amide bonds. The summed E-state index contributed by atoms with van der Waals surface area (Å²) in [6, 6.07) is 14.2. The van der Waals surface area contributed by atoms with Crippen molar-refractivity contribution in [2.24, 2.45) is 0 Å². The van der Waals surface area contributed by atoms with E-state index in [1.807, 2.05) is 43.5 Å². The number of thioether (sulfide) groups is 1. The number of rotatable bonds is 7. The summed E-state index contributed by atoms with van der Waals surface area (Å²) in [5.41, 5.74) is 2.01. The Hall–Kier alpha value is -2.71. The van der Waals surface area contributed by atoms with Gasteiger partial charge >= 0.3 is 0 Å². The van der Waals surface area contributed by atoms with Crippen molar-refractivity contribution in [2.75, 3.05) is 5.75 Å². The summed E-state index contributed by atoms with van der Waals surface area (Å²) in [5.74, 6) is 0.639. The van der Waals surface area contributed by atoms with Crippen LogP contribution in [0.2, 0.25) is 0 Å². The maximum absolute atomic E-state index is 12.4. The number of nitrogens with zero attached hydrogens (tertiary/aromatic N) is 3. The summed E-state index contributed by atoms with van der Waals surface area (Å²) in [6.45, 7) is 3.95. The minimum atomic E-state index is -0.0969. The van der Waals surface area contributed by atoms with Crippen LogP contribution in [0.15, 0.2) is 57.5 Å². The predicted octanol–water partition coefficient (Wildman–Crippen LogP) is 4.55. The van der Waals surface area contributed by atoms with Gasteiger partial charge in [0.05, 0.1) is 28.9 Å². The fraction of sp³-hybridized carbons (Fsp3) is 0.238. The second-order valence-electron chi connectivity index (χ2n) is 6.64. The average molecular weight is 425 g/mol. The van der Waals surface area contributed by atoms with E-state index in [0.29, 0.717) is 17.5 Å². The van der Waals surface area contributed by atoms with Crippen molar-refractivity contribution >= 4 is 39.8 Å². The van der Waals surface area contributed by atoms with Crippen molar-refractivity contribution in [1.82, 2.24) is 20.5 Å². The lowest BCUT2D eigenvalue weighted by Gasteiger charge is -2.16. The molecule has 4 aromatic rings. The second kappa shape index (κ2) is 8.75. The summed E-state index contributed by atoms with van der Waals surface area (Å²) in [5, 5.41) is 16.8. The zero-order chi connectivity index (χ0) is 20.2. The first kappa shape index (κ1) is 19.6. The molecule has 0 saturated carbocycles. The van der Waals surface area contributed by atoms with Crippen LogP contribution in [0.3, 0.4) is 0 Å². The van der Waals surface area contributed by atoms with Crippen molar-refractivity contribution < 1.29 is 9.21 Å². The first-order valence-corrected chi connectivity index (χ1v) is 11.1. The molecule has 0 fully saturated rings. The number of amides is 1. The number of aromatic nitrogens is 3. The maximum Gasteiger partial charge on any atom is 0.277 e. The van der Waals surface area contributed by atoms with Crippen LogP contribution >= 0.6 is 23.1 Å². The van der Waals surface area contributed by atoms with Gasteiger partial charge in [-0.25, -0.2) is 4.98 Å². The van der Waals surface area contributed by atoms with Gasteiger partial charge in [-0.15, -0.1) is 21.5 Å². The summed E-state index contributed by atoms with van der Waals surface area (Å²) >= 11 is 2.83.